The van der Waals surface area contributed by atoms with Crippen LogP contribution in [0.25, 0.3) is 0 Å². The summed E-state index contributed by atoms with van der Waals surface area (Å²) in [5, 5.41) is 0. The monoisotopic (exact) mass is 154 g/mol. The molecule has 0 bridgehead atoms. The van der Waals surface area contributed by atoms with Crippen molar-refractivity contribution in [1.82, 2.24) is 0 Å². The molecule has 0 fully saturated rings. The van der Waals surface area contributed by atoms with E-state index in [1.165, 1.54) is 0 Å². The largest absolute Gasteiger partial charge is 0.0125 e. The van der Waals surface area contributed by atoms with E-state index < -0.39 is 0 Å². The predicted octanol–water partition coefficient (Wildman–Crippen LogP) is -1.57. The summed E-state index contributed by atoms with van der Waals surface area (Å²) >= 11 is 0. The average Bonchev–Trinajstić information content (AvgIpc) is 0. The zero-order chi connectivity index (χ0) is 0. The van der Waals surface area contributed by atoms with Gasteiger partial charge in [0, 0.05) is 49.6 Å². The van der Waals surface area contributed by atoms with E-state index in [0.29, 0.717) is 0 Å². The van der Waals surface area contributed by atoms with Crippen LogP contribution in [0.1, 0.15) is 0 Å². The van der Waals surface area contributed by atoms with Crippen molar-refractivity contribution in [1.29, 1.82) is 0 Å². The van der Waals surface area contributed by atoms with Crippen molar-refractivity contribution in [3.63, 3.8) is 0 Å². The molecular weight excluding hydrogens is 152 g/mol. The molecule has 0 spiro atoms. The molecule has 0 heterocycles. The molecular formula is H3BSiTiZn. The van der Waals surface area contributed by atoms with Crippen LogP contribution in [-0.4, -0.2) is 19.4 Å². The zero-order valence-corrected chi connectivity index (χ0v) is 9.31. The molecule has 0 aliphatic rings. The van der Waals surface area contributed by atoms with Crippen molar-refractivity contribution in [3.8, 4) is 0 Å². The quantitative estimate of drug-likeness (QED) is 0.371. The summed E-state index contributed by atoms with van der Waals surface area (Å²) in [5.41, 5.74) is 0. The van der Waals surface area contributed by atoms with E-state index >= 15 is 0 Å². The molecule has 4 heavy (non-hydrogen) atoms. The van der Waals surface area contributed by atoms with Crippen LogP contribution >= 0.6 is 0 Å². The molecule has 4 radical (unpaired) electrons. The molecule has 0 aromatic rings. The van der Waals surface area contributed by atoms with Gasteiger partial charge in [0.15, 0.2) is 0 Å². The first-order valence-corrected chi connectivity index (χ1v) is 0. The molecule has 4 heteroatoms. The van der Waals surface area contributed by atoms with Gasteiger partial charge in [0.05, 0.1) is 0 Å². The second kappa shape index (κ2) is 23.1. The molecule has 0 saturated heterocycles. The Morgan fingerprint density at radius 3 is 1.00 bits per heavy atom. The van der Waals surface area contributed by atoms with E-state index in [1.807, 2.05) is 0 Å². The molecule has 0 rings (SSSR count). The standard InChI is InChI=1S/B.H3Si.Ti.Zn/h;1H3;;. The van der Waals surface area contributed by atoms with E-state index in [9.17, 15) is 0 Å². The van der Waals surface area contributed by atoms with Gasteiger partial charge < -0.3 is 0 Å². The summed E-state index contributed by atoms with van der Waals surface area (Å²) in [4.78, 5) is 0. The molecule has 0 unspecified atom stereocenters. The van der Waals surface area contributed by atoms with Gasteiger partial charge in [-0.15, -0.1) is 0 Å². The van der Waals surface area contributed by atoms with Crippen LogP contribution in [0.2, 0.25) is 0 Å². The van der Waals surface area contributed by atoms with Gasteiger partial charge in [0.25, 0.3) is 0 Å². The Balaban J connectivity index is 0. The Bertz CT molecular complexity index is 8.00. The summed E-state index contributed by atoms with van der Waals surface area (Å²) in [6.45, 7) is 0. The van der Waals surface area contributed by atoms with Crippen molar-refractivity contribution >= 4 is 19.4 Å². The Kier molecular flexibility index (Phi) is 264. The van der Waals surface area contributed by atoms with Crippen LogP contribution in [0.4, 0.5) is 0 Å². The summed E-state index contributed by atoms with van der Waals surface area (Å²) in [7, 11) is 0. The topological polar surface area (TPSA) is 0 Å². The second-order valence-electron chi connectivity index (χ2n) is 0. The minimum atomic E-state index is 0. The molecule has 0 amide bonds. The maximum Gasteiger partial charge on any atom is 0 e. The van der Waals surface area contributed by atoms with E-state index in [1.54, 1.807) is 0 Å². The molecule has 0 saturated carbocycles. The minimum absolute atomic E-state index is 0. The smallest absolute Gasteiger partial charge is 0 e. The molecule has 0 N–H and O–H groups in total. The molecule has 0 atom stereocenters. The van der Waals surface area contributed by atoms with Gasteiger partial charge in [-0.2, -0.15) is 0 Å². The van der Waals surface area contributed by atoms with E-state index in [2.05, 4.69) is 0 Å². The molecule has 16 valence electrons. The van der Waals surface area contributed by atoms with Crippen LogP contribution in [0.3, 0.4) is 0 Å². The third-order valence-electron chi connectivity index (χ3n) is 0. The fraction of sp³-hybridized carbons (Fsp3) is 0. The van der Waals surface area contributed by atoms with Gasteiger partial charge in [-0.25, -0.2) is 0 Å². The van der Waals surface area contributed by atoms with Crippen LogP contribution in [-0.2, 0) is 41.2 Å². The molecule has 0 nitrogen and oxygen atoms in total. The summed E-state index contributed by atoms with van der Waals surface area (Å²) in [5.74, 6) is 0. The van der Waals surface area contributed by atoms with Gasteiger partial charge in [-0.05, 0) is 11.0 Å². The van der Waals surface area contributed by atoms with Crippen molar-refractivity contribution in [3.05, 3.63) is 0 Å². The van der Waals surface area contributed by atoms with Crippen LogP contribution in [0.5, 0.6) is 0 Å². The Morgan fingerprint density at radius 1 is 1.00 bits per heavy atom. The SMILES string of the molecule is [B].[SiH3].[Ti].[Zn]. The first-order valence-electron chi connectivity index (χ1n) is 0. The molecule has 0 aromatic heterocycles. The Labute approximate surface area is 60.4 Å². The fourth-order valence-corrected chi connectivity index (χ4v) is 0. The first kappa shape index (κ1) is 45.7. The van der Waals surface area contributed by atoms with Crippen molar-refractivity contribution in [2.24, 2.45) is 0 Å². The van der Waals surface area contributed by atoms with Crippen LogP contribution in [0.15, 0.2) is 0 Å². The van der Waals surface area contributed by atoms with Gasteiger partial charge in [0.2, 0.25) is 0 Å². The number of hydrogen-bond donors (Lipinski definition) is 0. The van der Waals surface area contributed by atoms with Crippen molar-refractivity contribution < 1.29 is 41.2 Å². The molecule has 0 aromatic carbocycles. The summed E-state index contributed by atoms with van der Waals surface area (Å²) < 4.78 is 0. The fourth-order valence-electron chi connectivity index (χ4n) is 0. The first-order chi connectivity index (χ1) is 0. The predicted molar refractivity (Wildman–Crippen MR) is 15.7 cm³/mol. The van der Waals surface area contributed by atoms with E-state index in [-0.39, 0.29) is 60.6 Å². The second-order valence-corrected chi connectivity index (χ2v) is 0. The summed E-state index contributed by atoms with van der Waals surface area (Å²) in [6, 6.07) is 0. The number of rotatable bonds is 0. The van der Waals surface area contributed by atoms with Gasteiger partial charge in [-0.1, -0.05) is 0 Å². The normalized spacial score (nSPS) is 0. The average molecular weight is 155 g/mol. The van der Waals surface area contributed by atoms with Gasteiger partial charge >= 0.3 is 0 Å². The van der Waals surface area contributed by atoms with Gasteiger partial charge in [0.1, 0.15) is 0 Å². The summed E-state index contributed by atoms with van der Waals surface area (Å²) in [6.07, 6.45) is 0. The third kappa shape index (κ3) is 9.47. The maximum absolute atomic E-state index is 0. The maximum atomic E-state index is 0. The van der Waals surface area contributed by atoms with E-state index in [4.69, 9.17) is 0 Å². The van der Waals surface area contributed by atoms with E-state index in [0.717, 1.165) is 0 Å². The third-order valence-corrected chi connectivity index (χ3v) is 0. The van der Waals surface area contributed by atoms with Gasteiger partial charge in [-0.3, -0.25) is 0 Å². The van der Waals surface area contributed by atoms with Crippen molar-refractivity contribution in [2.45, 2.75) is 0 Å². The zero-order valence-electron chi connectivity index (χ0n) is 2.78. The molecule has 0 aliphatic carbocycles. The van der Waals surface area contributed by atoms with Crippen LogP contribution in [0, 0.1) is 0 Å². The van der Waals surface area contributed by atoms with Crippen LogP contribution < -0.4 is 0 Å². The molecule has 0 aliphatic heterocycles. The Hall–Kier alpha value is 1.62. The Morgan fingerprint density at radius 2 is 1.00 bits per heavy atom. The minimum Gasteiger partial charge on any atom is -0.0125 e. The number of hydrogen-bond acceptors (Lipinski definition) is 0. The van der Waals surface area contributed by atoms with Crippen molar-refractivity contribution in [2.75, 3.05) is 0 Å².